The summed E-state index contributed by atoms with van der Waals surface area (Å²) in [6, 6.07) is 11.2. The van der Waals surface area contributed by atoms with Crippen LogP contribution in [0.3, 0.4) is 0 Å². The molecule has 1 unspecified atom stereocenters. The smallest absolute Gasteiger partial charge is 0.323 e. The standard InChI is InChI=1S/C29H34ClFN4O5S2/c1-18(2)28(19-7-4-3-5-8-19)32-24-13-11-21(40-17-26(36)35-42(38,39)27-9-6-14-41-27)16-25(24)34-29(37)33-23-12-10-20(30)15-22(23)31/h6,9-16,18-19,28,32H,3-5,7-8,17H2,1-2H3,(H,35,36)(H2,33,34,37). The van der Waals surface area contributed by atoms with E-state index in [-0.39, 0.29) is 26.7 Å². The van der Waals surface area contributed by atoms with Gasteiger partial charge in [-0.15, -0.1) is 11.3 Å². The molecule has 0 saturated heterocycles. The number of hydrogen-bond donors (Lipinski definition) is 4. The molecule has 1 aromatic heterocycles. The molecule has 0 spiro atoms. The fourth-order valence-electron chi connectivity index (χ4n) is 5.01. The topological polar surface area (TPSA) is 126 Å². The van der Waals surface area contributed by atoms with E-state index in [0.717, 1.165) is 30.2 Å². The highest BCUT2D eigenvalue weighted by Crippen LogP contribution is 2.35. The molecule has 4 N–H and O–H groups in total. The lowest BCUT2D eigenvalue weighted by Crippen LogP contribution is -2.35. The molecule has 1 fully saturated rings. The largest absolute Gasteiger partial charge is 0.484 e. The van der Waals surface area contributed by atoms with Gasteiger partial charge in [-0.2, -0.15) is 0 Å². The number of sulfonamides is 1. The van der Waals surface area contributed by atoms with Gasteiger partial charge in [-0.05, 0) is 66.5 Å². The fourth-order valence-corrected chi connectivity index (χ4v) is 7.13. The SMILES string of the molecule is CC(C)C(Nc1ccc(OCC(=O)NS(=O)(=O)c2cccs2)cc1NC(=O)Nc1ccc(Cl)cc1F)C1CCCCC1. The number of halogens is 2. The van der Waals surface area contributed by atoms with E-state index in [1.54, 1.807) is 23.6 Å². The maximum Gasteiger partial charge on any atom is 0.323 e. The Morgan fingerprint density at radius 1 is 1.02 bits per heavy atom. The second kappa shape index (κ2) is 14.2. The third-order valence-corrected chi connectivity index (χ3v) is 10.0. The third-order valence-electron chi connectivity index (χ3n) is 6.99. The quantitative estimate of drug-likeness (QED) is 0.178. The molecule has 1 aliphatic rings. The van der Waals surface area contributed by atoms with Crippen LogP contribution < -0.4 is 25.4 Å². The summed E-state index contributed by atoms with van der Waals surface area (Å²) in [7, 11) is -4.00. The van der Waals surface area contributed by atoms with Crippen LogP contribution in [-0.2, 0) is 14.8 Å². The minimum atomic E-state index is -4.00. The van der Waals surface area contributed by atoms with Crippen molar-refractivity contribution in [3.8, 4) is 5.75 Å². The van der Waals surface area contributed by atoms with Crippen molar-refractivity contribution in [3.05, 3.63) is 64.8 Å². The van der Waals surface area contributed by atoms with E-state index in [4.69, 9.17) is 16.3 Å². The Morgan fingerprint density at radius 3 is 2.40 bits per heavy atom. The van der Waals surface area contributed by atoms with Gasteiger partial charge in [0, 0.05) is 17.1 Å². The third kappa shape index (κ3) is 8.59. The molecule has 226 valence electrons. The van der Waals surface area contributed by atoms with E-state index in [2.05, 4.69) is 29.8 Å². The Hall–Kier alpha value is -3.35. The molecule has 1 aliphatic carbocycles. The lowest BCUT2D eigenvalue weighted by Gasteiger charge is -2.35. The number of carbonyl (C=O) groups excluding carboxylic acids is 2. The summed E-state index contributed by atoms with van der Waals surface area (Å²) in [6.45, 7) is 3.72. The fraction of sp³-hybridized carbons (Fsp3) is 0.379. The van der Waals surface area contributed by atoms with E-state index in [0.29, 0.717) is 23.2 Å². The van der Waals surface area contributed by atoms with Gasteiger partial charge in [0.1, 0.15) is 15.8 Å². The summed E-state index contributed by atoms with van der Waals surface area (Å²) in [4.78, 5) is 25.3. The molecule has 1 saturated carbocycles. The highest BCUT2D eigenvalue weighted by molar-refractivity contribution is 7.92. The van der Waals surface area contributed by atoms with Gasteiger partial charge in [0.2, 0.25) is 0 Å². The number of rotatable bonds is 11. The van der Waals surface area contributed by atoms with Gasteiger partial charge in [-0.3, -0.25) is 4.79 Å². The molecule has 9 nitrogen and oxygen atoms in total. The molecular weight excluding hydrogens is 603 g/mol. The Bertz CT molecular complexity index is 1500. The monoisotopic (exact) mass is 636 g/mol. The molecule has 1 atom stereocenters. The Balaban J connectivity index is 1.52. The maximum atomic E-state index is 14.3. The molecule has 3 amide bonds. The number of anilines is 3. The first-order chi connectivity index (χ1) is 20.0. The van der Waals surface area contributed by atoms with Crippen LogP contribution in [0.15, 0.2) is 58.1 Å². The molecular formula is C29H34ClFN4O5S2. The second-order valence-electron chi connectivity index (χ2n) is 10.5. The number of urea groups is 1. The zero-order valence-electron chi connectivity index (χ0n) is 23.3. The molecule has 42 heavy (non-hydrogen) atoms. The van der Waals surface area contributed by atoms with Crippen LogP contribution in [0.4, 0.5) is 26.2 Å². The number of nitrogens with one attached hydrogen (secondary N) is 4. The lowest BCUT2D eigenvalue weighted by molar-refractivity contribution is -0.121. The van der Waals surface area contributed by atoms with E-state index in [9.17, 15) is 22.4 Å². The Morgan fingerprint density at radius 2 is 1.74 bits per heavy atom. The number of ether oxygens (including phenoxy) is 1. The van der Waals surface area contributed by atoms with E-state index >= 15 is 0 Å². The van der Waals surface area contributed by atoms with Crippen molar-refractivity contribution in [2.24, 2.45) is 11.8 Å². The summed E-state index contributed by atoms with van der Waals surface area (Å²) in [6.07, 6.45) is 5.79. The van der Waals surface area contributed by atoms with Crippen molar-refractivity contribution in [1.29, 1.82) is 0 Å². The molecule has 13 heteroatoms. The first-order valence-corrected chi connectivity index (χ1v) is 16.4. The highest BCUT2D eigenvalue weighted by Gasteiger charge is 2.27. The maximum absolute atomic E-state index is 14.3. The van der Waals surface area contributed by atoms with E-state index in [1.807, 2.05) is 4.72 Å². The minimum absolute atomic E-state index is 0.0126. The van der Waals surface area contributed by atoms with Crippen LogP contribution >= 0.6 is 22.9 Å². The first-order valence-electron chi connectivity index (χ1n) is 13.7. The van der Waals surface area contributed by atoms with Crippen molar-refractivity contribution in [3.63, 3.8) is 0 Å². The van der Waals surface area contributed by atoms with Gasteiger partial charge in [0.05, 0.1) is 17.1 Å². The minimum Gasteiger partial charge on any atom is -0.484 e. The van der Waals surface area contributed by atoms with Gasteiger partial charge in [0.15, 0.2) is 6.61 Å². The van der Waals surface area contributed by atoms with Crippen molar-refractivity contribution in [2.75, 3.05) is 22.6 Å². The van der Waals surface area contributed by atoms with Crippen LogP contribution in [0.5, 0.6) is 5.75 Å². The van der Waals surface area contributed by atoms with Gasteiger partial charge in [-0.1, -0.05) is 50.8 Å². The van der Waals surface area contributed by atoms with Crippen molar-refractivity contribution < 1.29 is 27.1 Å². The first kappa shape index (κ1) is 31.6. The Kier molecular flexibility index (Phi) is 10.7. The van der Waals surface area contributed by atoms with Gasteiger partial charge >= 0.3 is 6.03 Å². The van der Waals surface area contributed by atoms with Crippen molar-refractivity contribution >= 4 is 62.0 Å². The predicted octanol–water partition coefficient (Wildman–Crippen LogP) is 7.09. The molecule has 3 aromatic rings. The summed E-state index contributed by atoms with van der Waals surface area (Å²) in [5.74, 6) is -0.547. The number of amides is 3. The normalized spacial score (nSPS) is 14.7. The Labute approximate surface area is 254 Å². The number of carbonyl (C=O) groups is 2. The van der Waals surface area contributed by atoms with Crippen molar-refractivity contribution in [1.82, 2.24) is 4.72 Å². The lowest BCUT2D eigenvalue weighted by atomic mass is 9.79. The van der Waals surface area contributed by atoms with Crippen molar-refractivity contribution in [2.45, 2.75) is 56.2 Å². The average Bonchev–Trinajstić information content (AvgIpc) is 3.49. The number of thiophene rings is 1. The predicted molar refractivity (Wildman–Crippen MR) is 164 cm³/mol. The van der Waals surface area contributed by atoms with E-state index < -0.39 is 34.4 Å². The van der Waals surface area contributed by atoms with Crippen LogP contribution in [0.1, 0.15) is 46.0 Å². The van der Waals surface area contributed by atoms with Gasteiger partial charge < -0.3 is 20.7 Å². The summed E-state index contributed by atoms with van der Waals surface area (Å²) >= 11 is 6.81. The summed E-state index contributed by atoms with van der Waals surface area (Å²) < 4.78 is 46.6. The number of hydrogen-bond acceptors (Lipinski definition) is 7. The molecule has 0 radical (unpaired) electrons. The molecule has 2 aromatic carbocycles. The molecule has 4 rings (SSSR count). The second-order valence-corrected chi connectivity index (χ2v) is 13.8. The summed E-state index contributed by atoms with van der Waals surface area (Å²) in [5, 5.41) is 10.6. The number of benzene rings is 2. The molecule has 1 heterocycles. The highest BCUT2D eigenvalue weighted by atomic mass is 35.5. The van der Waals surface area contributed by atoms with Crippen LogP contribution in [0.25, 0.3) is 0 Å². The van der Waals surface area contributed by atoms with Crippen LogP contribution in [-0.4, -0.2) is 33.0 Å². The van der Waals surface area contributed by atoms with Crippen LogP contribution in [0.2, 0.25) is 5.02 Å². The van der Waals surface area contributed by atoms with Gasteiger partial charge in [-0.25, -0.2) is 22.3 Å². The molecule has 0 bridgehead atoms. The summed E-state index contributed by atoms with van der Waals surface area (Å²) in [5.41, 5.74) is 0.917. The zero-order valence-corrected chi connectivity index (χ0v) is 25.7. The van der Waals surface area contributed by atoms with Crippen LogP contribution in [0, 0.1) is 17.7 Å². The van der Waals surface area contributed by atoms with E-state index in [1.165, 1.54) is 43.5 Å². The molecule has 0 aliphatic heterocycles. The van der Waals surface area contributed by atoms with Gasteiger partial charge in [0.25, 0.3) is 15.9 Å². The zero-order chi connectivity index (χ0) is 30.3. The average molecular weight is 637 g/mol.